The molecule has 0 saturated carbocycles. The fraction of sp³-hybridized carbons (Fsp3) is 0.125. The smallest absolute Gasteiger partial charge is 0.573 e. The van der Waals surface area contributed by atoms with Crippen molar-refractivity contribution in [1.29, 1.82) is 0 Å². The highest BCUT2D eigenvalue weighted by molar-refractivity contribution is 5.73. The van der Waals surface area contributed by atoms with Crippen molar-refractivity contribution in [3.05, 3.63) is 23.4 Å². The predicted octanol–water partition coefficient (Wildman–Crippen LogP) is 0.744. The van der Waals surface area contributed by atoms with Crippen LogP contribution < -0.4 is 15.3 Å². The second-order valence-electron chi connectivity index (χ2n) is 3.04. The molecule has 1 aromatic carbocycles. The highest BCUT2D eigenvalue weighted by atomic mass is 19.4. The summed E-state index contributed by atoms with van der Waals surface area (Å²) in [6, 6.07) is 3.10. The lowest BCUT2D eigenvalue weighted by molar-refractivity contribution is -0.641. The molecule has 1 heterocycles. The van der Waals surface area contributed by atoms with Crippen molar-refractivity contribution in [1.82, 2.24) is 10.1 Å². The monoisotopic (exact) mass is 246 g/mol. The van der Waals surface area contributed by atoms with E-state index in [1.807, 2.05) is 0 Å². The zero-order chi connectivity index (χ0) is 12.6. The Balaban J connectivity index is 2.51. The highest BCUT2D eigenvalue weighted by Gasteiger charge is 2.31. The van der Waals surface area contributed by atoms with Gasteiger partial charge in [-0.2, -0.15) is 0 Å². The van der Waals surface area contributed by atoms with Gasteiger partial charge in [-0.25, -0.2) is 4.98 Å². The topological polar surface area (TPSA) is 88.0 Å². The maximum absolute atomic E-state index is 11.9. The van der Waals surface area contributed by atoms with E-state index in [4.69, 9.17) is 5.73 Å². The number of fused-ring (bicyclic) bond motifs is 1. The number of alkyl halides is 3. The third-order valence-corrected chi connectivity index (χ3v) is 1.81. The van der Waals surface area contributed by atoms with Gasteiger partial charge in [0.25, 0.3) is 11.5 Å². The van der Waals surface area contributed by atoms with Crippen LogP contribution in [0.25, 0.3) is 11.0 Å². The Kier molecular flexibility index (Phi) is 2.37. The Labute approximate surface area is 92.0 Å². The number of aromatic nitrogens is 3. The van der Waals surface area contributed by atoms with Crippen LogP contribution in [-0.4, -0.2) is 16.4 Å². The van der Waals surface area contributed by atoms with Crippen LogP contribution >= 0.6 is 0 Å². The molecular weight excluding hydrogens is 241 g/mol. The number of hydrogen-bond donors (Lipinski definition) is 1. The van der Waals surface area contributed by atoms with Gasteiger partial charge in [0.1, 0.15) is 11.3 Å². The number of nitrogen functional groups attached to an aromatic ring is 1. The molecule has 0 saturated heterocycles. The average Bonchev–Trinajstić information content (AvgIpc) is 2.16. The summed E-state index contributed by atoms with van der Waals surface area (Å²) >= 11 is 0. The number of halogens is 3. The lowest BCUT2D eigenvalue weighted by Gasteiger charge is -2.08. The number of rotatable bonds is 1. The van der Waals surface area contributed by atoms with Crippen molar-refractivity contribution in [2.45, 2.75) is 6.36 Å². The van der Waals surface area contributed by atoms with Gasteiger partial charge in [-0.3, -0.25) is 0 Å². The summed E-state index contributed by atoms with van der Waals surface area (Å²) < 4.78 is 39.5. The highest BCUT2D eigenvalue weighted by Crippen LogP contribution is 2.24. The molecule has 17 heavy (non-hydrogen) atoms. The number of anilines is 1. The van der Waals surface area contributed by atoms with Crippen LogP contribution in [0.1, 0.15) is 0 Å². The predicted molar refractivity (Wildman–Crippen MR) is 49.6 cm³/mol. The molecule has 6 nitrogen and oxygen atoms in total. The molecule has 0 spiro atoms. The summed E-state index contributed by atoms with van der Waals surface area (Å²) in [7, 11) is 0. The van der Waals surface area contributed by atoms with Gasteiger partial charge in [0.2, 0.25) is 0 Å². The fourth-order valence-corrected chi connectivity index (χ4v) is 1.24. The Bertz CT molecular complexity index is 572. The normalized spacial score (nSPS) is 11.7. The molecule has 0 unspecified atom stereocenters. The maximum Gasteiger partial charge on any atom is 0.573 e. The van der Waals surface area contributed by atoms with E-state index >= 15 is 0 Å². The van der Waals surface area contributed by atoms with Crippen LogP contribution in [0.3, 0.4) is 0 Å². The van der Waals surface area contributed by atoms with E-state index in [2.05, 4.69) is 14.8 Å². The summed E-state index contributed by atoms with van der Waals surface area (Å²) in [5.41, 5.74) is 5.17. The van der Waals surface area contributed by atoms with Gasteiger partial charge in [-0.1, -0.05) is 0 Å². The van der Waals surface area contributed by atoms with Gasteiger partial charge in [-0.05, 0) is 17.0 Å². The second-order valence-corrected chi connectivity index (χ2v) is 3.04. The zero-order valence-electron chi connectivity index (χ0n) is 8.10. The Morgan fingerprint density at radius 3 is 2.71 bits per heavy atom. The SMILES string of the molecule is Nc1nc2ccc(OC(F)(F)F)cc2[n+]([O-])n1. The van der Waals surface area contributed by atoms with Crippen molar-refractivity contribution in [3.8, 4) is 5.75 Å². The first-order chi connectivity index (χ1) is 7.85. The van der Waals surface area contributed by atoms with Crippen LogP contribution in [-0.2, 0) is 0 Å². The third-order valence-electron chi connectivity index (χ3n) is 1.81. The summed E-state index contributed by atoms with van der Waals surface area (Å²) in [6.07, 6.45) is -4.82. The molecule has 1 aromatic heterocycles. The third kappa shape index (κ3) is 2.44. The van der Waals surface area contributed by atoms with E-state index in [1.165, 1.54) is 6.07 Å². The largest absolute Gasteiger partial charge is 0.594 e. The minimum atomic E-state index is -4.82. The molecule has 0 aliphatic heterocycles. The lowest BCUT2D eigenvalue weighted by Crippen LogP contribution is -2.33. The Hall–Kier alpha value is -2.32. The fourth-order valence-electron chi connectivity index (χ4n) is 1.24. The zero-order valence-corrected chi connectivity index (χ0v) is 8.10. The van der Waals surface area contributed by atoms with Gasteiger partial charge in [0, 0.05) is 0 Å². The summed E-state index contributed by atoms with van der Waals surface area (Å²) in [5.74, 6) is -0.792. The molecule has 0 aliphatic carbocycles. The Morgan fingerprint density at radius 2 is 2.06 bits per heavy atom. The van der Waals surface area contributed by atoms with Crippen LogP contribution in [0.2, 0.25) is 0 Å². The standard InChI is InChI=1S/C8H5F3N4O2/c9-8(10,11)17-4-1-2-5-6(3-4)15(16)14-7(12)13-5/h1-3H,(H2,12,13,14). The van der Waals surface area contributed by atoms with Crippen LogP contribution in [0, 0.1) is 5.21 Å². The number of benzene rings is 1. The van der Waals surface area contributed by atoms with Crippen molar-refractivity contribution in [2.24, 2.45) is 0 Å². The molecular formula is C8H5F3N4O2. The molecule has 2 N–H and O–H groups in total. The summed E-state index contributed by atoms with van der Waals surface area (Å²) in [6.45, 7) is 0. The van der Waals surface area contributed by atoms with Crippen molar-refractivity contribution in [2.75, 3.05) is 5.73 Å². The number of nitrogens with two attached hydrogens (primary N) is 1. The molecule has 2 aromatic rings. The first-order valence-electron chi connectivity index (χ1n) is 4.28. The molecule has 9 heteroatoms. The van der Waals surface area contributed by atoms with Gasteiger partial charge in [-0.15, -0.1) is 13.2 Å². The van der Waals surface area contributed by atoms with E-state index in [9.17, 15) is 18.4 Å². The van der Waals surface area contributed by atoms with Crippen LogP contribution in [0.5, 0.6) is 5.75 Å². The van der Waals surface area contributed by atoms with Gasteiger partial charge < -0.3 is 15.7 Å². The molecule has 0 bridgehead atoms. The van der Waals surface area contributed by atoms with Crippen molar-refractivity contribution < 1.29 is 22.8 Å². The minimum Gasteiger partial charge on any atom is -0.594 e. The quantitative estimate of drug-likeness (QED) is 0.592. The number of nitrogens with zero attached hydrogens (tertiary/aromatic N) is 3. The first kappa shape index (κ1) is 11.2. The van der Waals surface area contributed by atoms with Crippen molar-refractivity contribution in [3.63, 3.8) is 0 Å². The van der Waals surface area contributed by atoms with Gasteiger partial charge >= 0.3 is 6.36 Å². The first-order valence-corrected chi connectivity index (χ1v) is 4.28. The van der Waals surface area contributed by atoms with Gasteiger partial charge in [0.05, 0.1) is 11.2 Å². The molecule has 0 amide bonds. The molecule has 0 aliphatic rings. The number of ether oxygens (including phenoxy) is 1. The molecule has 2 rings (SSSR count). The molecule has 90 valence electrons. The van der Waals surface area contributed by atoms with Crippen LogP contribution in [0.15, 0.2) is 18.2 Å². The van der Waals surface area contributed by atoms with Crippen molar-refractivity contribution >= 4 is 17.0 Å². The van der Waals surface area contributed by atoms with E-state index in [-0.39, 0.29) is 21.8 Å². The van der Waals surface area contributed by atoms with E-state index < -0.39 is 12.1 Å². The van der Waals surface area contributed by atoms with Crippen LogP contribution in [0.4, 0.5) is 19.1 Å². The minimum absolute atomic E-state index is 0.0842. The van der Waals surface area contributed by atoms with Gasteiger partial charge in [0.15, 0.2) is 0 Å². The molecule has 0 atom stereocenters. The average molecular weight is 246 g/mol. The summed E-state index contributed by atoms with van der Waals surface area (Å²) in [4.78, 5) is 3.77. The van der Waals surface area contributed by atoms with E-state index in [1.54, 1.807) is 0 Å². The van der Waals surface area contributed by atoms with E-state index in [0.717, 1.165) is 12.1 Å². The number of hydrogen-bond acceptors (Lipinski definition) is 5. The summed E-state index contributed by atoms with van der Waals surface area (Å²) in [5, 5.41) is 14.5. The second kappa shape index (κ2) is 3.61. The molecule has 0 fully saturated rings. The van der Waals surface area contributed by atoms with E-state index in [0.29, 0.717) is 0 Å². The molecule has 0 radical (unpaired) electrons. The lowest BCUT2D eigenvalue weighted by atomic mass is 10.3. The maximum atomic E-state index is 11.9. The Morgan fingerprint density at radius 1 is 1.35 bits per heavy atom.